The van der Waals surface area contributed by atoms with Crippen LogP contribution in [0.5, 0.6) is 0 Å². The second-order valence-corrected chi connectivity index (χ2v) is 2.70. The monoisotopic (exact) mass is 178 g/mol. The SMILES string of the molecule is CO[NH+]([O-])N[C@H](C(=O)O)C(C)C. The number of carbonyl (C=O) groups is 1. The number of quaternary nitrogens is 1. The van der Waals surface area contributed by atoms with E-state index in [1.807, 2.05) is 0 Å². The molecular formula is C6H14N2O4. The molecule has 0 spiro atoms. The Kier molecular flexibility index (Phi) is 4.75. The van der Waals surface area contributed by atoms with Gasteiger partial charge < -0.3 is 10.3 Å². The first kappa shape index (κ1) is 11.3. The number of carboxylic acid groups (broad SMARTS) is 1. The van der Waals surface area contributed by atoms with E-state index in [1.165, 1.54) is 7.11 Å². The normalized spacial score (nSPS) is 16.1. The van der Waals surface area contributed by atoms with Crippen molar-refractivity contribution in [2.75, 3.05) is 7.11 Å². The lowest BCUT2D eigenvalue weighted by atomic mass is 10.1. The fourth-order valence-corrected chi connectivity index (χ4v) is 0.699. The summed E-state index contributed by atoms with van der Waals surface area (Å²) in [6.07, 6.45) is 0. The zero-order chi connectivity index (χ0) is 9.72. The van der Waals surface area contributed by atoms with Gasteiger partial charge in [0.1, 0.15) is 0 Å². The Labute approximate surface area is 70.6 Å². The molecule has 0 aliphatic carbocycles. The maximum absolute atomic E-state index is 10.6. The lowest BCUT2D eigenvalue weighted by Gasteiger charge is -2.23. The van der Waals surface area contributed by atoms with Gasteiger partial charge in [-0.05, 0) is 5.92 Å². The molecule has 0 aliphatic heterocycles. The van der Waals surface area contributed by atoms with Crippen molar-refractivity contribution < 1.29 is 20.1 Å². The quantitative estimate of drug-likeness (QED) is 0.448. The molecule has 0 bridgehead atoms. The van der Waals surface area contributed by atoms with Crippen molar-refractivity contribution in [3.63, 3.8) is 0 Å². The Morgan fingerprint density at radius 1 is 1.67 bits per heavy atom. The standard InChI is InChI=1S/C6H14N2O4/c1-4(2)5(6(9)10)7-8(11)12-3/h4-5,7-8H,1-3H3,(H,9,10)/t5-/m0/s1. The summed E-state index contributed by atoms with van der Waals surface area (Å²) < 4.78 is 0. The third-order valence-corrected chi connectivity index (χ3v) is 1.39. The van der Waals surface area contributed by atoms with Crippen LogP contribution in [0.15, 0.2) is 0 Å². The highest BCUT2D eigenvalue weighted by Crippen LogP contribution is 1.98. The first-order chi connectivity index (χ1) is 5.49. The van der Waals surface area contributed by atoms with E-state index in [-0.39, 0.29) is 5.92 Å². The lowest BCUT2D eigenvalue weighted by Crippen LogP contribution is -3.14. The van der Waals surface area contributed by atoms with Gasteiger partial charge in [0.05, 0.1) is 7.11 Å². The summed E-state index contributed by atoms with van der Waals surface area (Å²) in [6, 6.07) is -0.891. The predicted octanol–water partition coefficient (Wildman–Crippen LogP) is -1.46. The van der Waals surface area contributed by atoms with E-state index in [0.29, 0.717) is 0 Å². The molecule has 0 aliphatic rings. The van der Waals surface area contributed by atoms with Crippen LogP contribution in [0.2, 0.25) is 0 Å². The molecule has 0 amide bonds. The van der Waals surface area contributed by atoms with Gasteiger partial charge in [-0.2, -0.15) is 4.84 Å². The van der Waals surface area contributed by atoms with Crippen molar-refractivity contribution in [2.24, 2.45) is 5.92 Å². The molecule has 6 nitrogen and oxygen atoms in total. The van der Waals surface area contributed by atoms with E-state index in [4.69, 9.17) is 5.11 Å². The third kappa shape index (κ3) is 3.63. The number of aliphatic carboxylic acids is 1. The van der Waals surface area contributed by atoms with Crippen LogP contribution in [-0.4, -0.2) is 24.2 Å². The molecule has 0 aromatic carbocycles. The molecule has 72 valence electrons. The summed E-state index contributed by atoms with van der Waals surface area (Å²) in [5.41, 5.74) is 2.20. The molecule has 0 aromatic heterocycles. The van der Waals surface area contributed by atoms with Crippen molar-refractivity contribution in [2.45, 2.75) is 19.9 Å². The minimum atomic E-state index is -1.06. The van der Waals surface area contributed by atoms with Gasteiger partial charge in [0, 0.05) is 0 Å². The molecule has 0 saturated carbocycles. The van der Waals surface area contributed by atoms with Crippen LogP contribution in [-0.2, 0) is 9.63 Å². The zero-order valence-electron chi connectivity index (χ0n) is 7.33. The number of hydrogen-bond donors (Lipinski definition) is 3. The molecule has 0 radical (unpaired) electrons. The Morgan fingerprint density at radius 3 is 2.42 bits per heavy atom. The number of hydrogen-bond acceptors (Lipinski definition) is 4. The third-order valence-electron chi connectivity index (χ3n) is 1.39. The Bertz CT molecular complexity index is 150. The summed E-state index contributed by atoms with van der Waals surface area (Å²) >= 11 is 0. The van der Waals surface area contributed by atoms with Crippen LogP contribution in [0, 0.1) is 11.1 Å². The Balaban J connectivity index is 4.05. The molecular weight excluding hydrogens is 164 g/mol. The van der Waals surface area contributed by atoms with E-state index < -0.39 is 17.3 Å². The summed E-state index contributed by atoms with van der Waals surface area (Å²) in [6.45, 7) is 3.41. The molecule has 2 atom stereocenters. The molecule has 0 aromatic rings. The summed E-state index contributed by atoms with van der Waals surface area (Å²) in [7, 11) is 1.19. The minimum Gasteiger partial charge on any atom is -0.579 e. The molecule has 0 fully saturated rings. The Hall–Kier alpha value is -0.690. The topological polar surface area (TPSA) is 86.1 Å². The van der Waals surface area contributed by atoms with Crippen LogP contribution in [0.25, 0.3) is 0 Å². The minimum absolute atomic E-state index is 0.165. The summed E-state index contributed by atoms with van der Waals surface area (Å²) in [5, 5.41) is 18.5. The second kappa shape index (κ2) is 5.04. The van der Waals surface area contributed by atoms with E-state index in [0.717, 1.165) is 0 Å². The average molecular weight is 178 g/mol. The fourth-order valence-electron chi connectivity index (χ4n) is 0.699. The maximum atomic E-state index is 10.6. The zero-order valence-corrected chi connectivity index (χ0v) is 7.33. The van der Waals surface area contributed by atoms with E-state index in [1.54, 1.807) is 13.8 Å². The van der Waals surface area contributed by atoms with Gasteiger partial charge >= 0.3 is 5.97 Å². The average Bonchev–Trinajstić information content (AvgIpc) is 1.98. The van der Waals surface area contributed by atoms with Gasteiger partial charge in [0.2, 0.25) is 0 Å². The maximum Gasteiger partial charge on any atom is 0.326 e. The first-order valence-electron chi connectivity index (χ1n) is 3.56. The van der Waals surface area contributed by atoms with Gasteiger partial charge in [-0.15, -0.1) is 10.8 Å². The molecule has 12 heavy (non-hydrogen) atoms. The summed E-state index contributed by atoms with van der Waals surface area (Å²) in [5.74, 6) is -1.22. The molecule has 0 rings (SSSR count). The van der Waals surface area contributed by atoms with Crippen molar-refractivity contribution in [3.05, 3.63) is 5.21 Å². The summed E-state index contributed by atoms with van der Waals surface area (Å²) in [4.78, 5) is 14.8. The number of rotatable bonds is 5. The first-order valence-corrected chi connectivity index (χ1v) is 3.56. The fraction of sp³-hybridized carbons (Fsp3) is 0.833. The molecule has 0 saturated heterocycles. The van der Waals surface area contributed by atoms with Gasteiger partial charge in [0.15, 0.2) is 6.04 Å². The van der Waals surface area contributed by atoms with Crippen LogP contribution in [0.3, 0.4) is 0 Å². The van der Waals surface area contributed by atoms with Gasteiger partial charge in [0.25, 0.3) is 0 Å². The number of carboxylic acids is 1. The van der Waals surface area contributed by atoms with E-state index in [9.17, 15) is 10.0 Å². The van der Waals surface area contributed by atoms with Crippen molar-refractivity contribution in [3.8, 4) is 0 Å². The molecule has 3 N–H and O–H groups in total. The van der Waals surface area contributed by atoms with Crippen molar-refractivity contribution in [1.82, 2.24) is 5.43 Å². The molecule has 0 heterocycles. The molecule has 6 heteroatoms. The lowest BCUT2D eigenvalue weighted by molar-refractivity contribution is -1.09. The van der Waals surface area contributed by atoms with Crippen LogP contribution in [0.1, 0.15) is 13.8 Å². The number of nitrogens with one attached hydrogen (secondary N) is 2. The van der Waals surface area contributed by atoms with E-state index >= 15 is 0 Å². The van der Waals surface area contributed by atoms with Crippen LogP contribution in [0.4, 0.5) is 0 Å². The van der Waals surface area contributed by atoms with Gasteiger partial charge in [-0.25, -0.2) is 0 Å². The van der Waals surface area contributed by atoms with Crippen molar-refractivity contribution >= 4 is 5.97 Å². The predicted molar refractivity (Wildman–Crippen MR) is 40.7 cm³/mol. The highest BCUT2D eigenvalue weighted by atomic mass is 16.9. The van der Waals surface area contributed by atoms with Crippen LogP contribution < -0.4 is 10.8 Å². The second-order valence-electron chi connectivity index (χ2n) is 2.70. The van der Waals surface area contributed by atoms with Crippen molar-refractivity contribution in [1.29, 1.82) is 0 Å². The van der Waals surface area contributed by atoms with Gasteiger partial charge in [-0.3, -0.25) is 4.79 Å². The van der Waals surface area contributed by atoms with Crippen LogP contribution >= 0.6 is 0 Å². The highest BCUT2D eigenvalue weighted by Gasteiger charge is 2.24. The molecule has 1 unspecified atom stereocenters. The largest absolute Gasteiger partial charge is 0.579 e. The van der Waals surface area contributed by atoms with Gasteiger partial charge in [-0.1, -0.05) is 13.8 Å². The highest BCUT2D eigenvalue weighted by molar-refractivity contribution is 5.73. The Morgan fingerprint density at radius 2 is 2.17 bits per heavy atom. The van der Waals surface area contributed by atoms with E-state index in [2.05, 4.69) is 10.3 Å². The smallest absolute Gasteiger partial charge is 0.326 e.